The van der Waals surface area contributed by atoms with E-state index in [1.54, 1.807) is 0 Å². The van der Waals surface area contributed by atoms with Crippen LogP contribution in [-0.2, 0) is 25.8 Å². The second-order valence-electron chi connectivity index (χ2n) is 11.6. The minimum absolute atomic E-state index is 0.0321. The molecular formula is C31H57N2O5S+. The Morgan fingerprint density at radius 1 is 0.846 bits per heavy atom. The van der Waals surface area contributed by atoms with Gasteiger partial charge in [-0.1, -0.05) is 127 Å². The first-order valence-corrected chi connectivity index (χ1v) is 16.8. The first kappa shape index (κ1) is 35.5. The topological polar surface area (TPSA) is 92.7 Å². The van der Waals surface area contributed by atoms with Gasteiger partial charge in [0, 0.05) is 12.8 Å². The summed E-state index contributed by atoms with van der Waals surface area (Å²) in [6.07, 6.45) is 21.2. The summed E-state index contributed by atoms with van der Waals surface area (Å²) < 4.78 is 35.7. The highest BCUT2D eigenvalue weighted by Crippen LogP contribution is 2.16. The van der Waals surface area contributed by atoms with Gasteiger partial charge in [0.2, 0.25) is 5.91 Å². The van der Waals surface area contributed by atoms with E-state index in [0.29, 0.717) is 23.9 Å². The van der Waals surface area contributed by atoms with Gasteiger partial charge < -0.3 is 9.80 Å². The zero-order valence-corrected chi connectivity index (χ0v) is 25.9. The quantitative estimate of drug-likeness (QED) is 0.0561. The number of carbonyl (C=O) groups excluding carboxylic acids is 1. The van der Waals surface area contributed by atoms with Crippen LogP contribution in [0.5, 0.6) is 0 Å². The zero-order valence-electron chi connectivity index (χ0n) is 25.0. The Bertz CT molecular complexity index is 846. The third kappa shape index (κ3) is 20.1. The van der Waals surface area contributed by atoms with Crippen LogP contribution in [0.2, 0.25) is 0 Å². The van der Waals surface area contributed by atoms with Crippen LogP contribution in [0.3, 0.4) is 0 Å². The van der Waals surface area contributed by atoms with Gasteiger partial charge >= 0.3 is 10.4 Å². The highest BCUT2D eigenvalue weighted by Gasteiger charge is 2.30. The Labute approximate surface area is 239 Å². The maximum absolute atomic E-state index is 12.8. The summed E-state index contributed by atoms with van der Waals surface area (Å²) >= 11 is 0. The van der Waals surface area contributed by atoms with Crippen LogP contribution in [0.4, 0.5) is 0 Å². The van der Waals surface area contributed by atoms with Crippen molar-refractivity contribution >= 4 is 16.3 Å². The molecule has 226 valence electrons. The zero-order chi connectivity index (χ0) is 28.8. The van der Waals surface area contributed by atoms with Gasteiger partial charge in [-0.2, -0.15) is 8.42 Å². The fourth-order valence-corrected chi connectivity index (χ4v) is 5.28. The fraction of sp³-hybridized carbons (Fsp3) is 0.774. The van der Waals surface area contributed by atoms with Crippen LogP contribution in [0.1, 0.15) is 122 Å². The summed E-state index contributed by atoms with van der Waals surface area (Å²) in [6.45, 7) is 2.45. The molecule has 0 heterocycles. The molecule has 1 rings (SSSR count). The molecule has 0 saturated carbocycles. The molecule has 2 N–H and O–H groups in total. The van der Waals surface area contributed by atoms with Crippen LogP contribution in [0, 0.1) is 0 Å². The van der Waals surface area contributed by atoms with E-state index >= 15 is 0 Å². The Hall–Kier alpha value is -1.48. The van der Waals surface area contributed by atoms with E-state index in [-0.39, 0.29) is 18.7 Å². The molecule has 1 unspecified atom stereocenters. The number of hydrogen-bond acceptors (Lipinski definition) is 4. The summed E-state index contributed by atoms with van der Waals surface area (Å²) in [5.41, 5.74) is 1.19. The lowest BCUT2D eigenvalue weighted by atomic mass is 10.0. The third-order valence-corrected chi connectivity index (χ3v) is 8.09. The van der Waals surface area contributed by atoms with Crippen molar-refractivity contribution in [3.63, 3.8) is 0 Å². The summed E-state index contributed by atoms with van der Waals surface area (Å²) in [5, 5.41) is 3.19. The number of aryl methyl sites for hydroxylation is 1. The van der Waals surface area contributed by atoms with Gasteiger partial charge in [0.25, 0.3) is 0 Å². The van der Waals surface area contributed by atoms with E-state index in [1.807, 2.05) is 32.3 Å². The molecule has 1 aromatic rings. The molecule has 0 fully saturated rings. The monoisotopic (exact) mass is 569 g/mol. The highest BCUT2D eigenvalue weighted by atomic mass is 32.3. The molecule has 0 saturated heterocycles. The van der Waals surface area contributed by atoms with Crippen molar-refractivity contribution in [2.45, 2.75) is 129 Å². The van der Waals surface area contributed by atoms with Gasteiger partial charge in [-0.3, -0.25) is 9.35 Å². The highest BCUT2D eigenvalue weighted by molar-refractivity contribution is 7.80. The van der Waals surface area contributed by atoms with Crippen LogP contribution >= 0.6 is 0 Å². The van der Waals surface area contributed by atoms with Crippen LogP contribution in [0.25, 0.3) is 0 Å². The summed E-state index contributed by atoms with van der Waals surface area (Å²) in [6, 6.07) is 10.1. The van der Waals surface area contributed by atoms with Gasteiger partial charge in [-0.15, -0.1) is 0 Å². The number of benzene rings is 1. The first-order chi connectivity index (χ1) is 18.6. The van der Waals surface area contributed by atoms with Crippen molar-refractivity contribution in [3.05, 3.63) is 35.9 Å². The lowest BCUT2D eigenvalue weighted by Gasteiger charge is -2.38. The smallest absolute Gasteiger partial charge is 0.307 e. The van der Waals surface area contributed by atoms with E-state index in [9.17, 15) is 13.2 Å². The molecule has 1 atom stereocenters. The third-order valence-electron chi connectivity index (χ3n) is 7.63. The maximum Gasteiger partial charge on any atom is 0.397 e. The molecule has 39 heavy (non-hydrogen) atoms. The van der Waals surface area contributed by atoms with E-state index in [0.717, 1.165) is 19.3 Å². The Morgan fingerprint density at radius 2 is 1.33 bits per heavy atom. The van der Waals surface area contributed by atoms with Gasteiger partial charge in [-0.05, 0) is 18.4 Å². The van der Waals surface area contributed by atoms with Crippen LogP contribution in [0.15, 0.2) is 30.3 Å². The number of unbranched alkanes of at least 4 members (excludes halogenated alkanes) is 14. The number of quaternary nitrogens is 1. The summed E-state index contributed by atoms with van der Waals surface area (Å²) in [7, 11) is -0.598. The molecule has 0 aliphatic rings. The van der Waals surface area contributed by atoms with Crippen molar-refractivity contribution < 1.29 is 26.4 Å². The van der Waals surface area contributed by atoms with Crippen LogP contribution < -0.4 is 5.32 Å². The molecule has 0 radical (unpaired) electrons. The predicted octanol–water partition coefficient (Wildman–Crippen LogP) is 7.22. The van der Waals surface area contributed by atoms with E-state index in [2.05, 4.69) is 28.6 Å². The van der Waals surface area contributed by atoms with Crippen molar-refractivity contribution in [1.82, 2.24) is 5.32 Å². The number of likely N-dealkylation sites (N-methyl/N-ethyl adjacent to an activating group) is 1. The van der Waals surface area contributed by atoms with Crippen molar-refractivity contribution in [2.75, 3.05) is 27.2 Å². The van der Waals surface area contributed by atoms with E-state index < -0.39 is 10.4 Å². The normalized spacial score (nSPS) is 12.9. The predicted molar refractivity (Wildman–Crippen MR) is 161 cm³/mol. The largest absolute Gasteiger partial charge is 0.397 e. The number of amides is 1. The molecule has 0 aliphatic heterocycles. The number of carbonyl (C=O) groups is 1. The average molecular weight is 570 g/mol. The van der Waals surface area contributed by atoms with E-state index in [1.165, 1.54) is 89.0 Å². The minimum atomic E-state index is -4.48. The van der Waals surface area contributed by atoms with Crippen molar-refractivity contribution in [2.24, 2.45) is 0 Å². The SMILES string of the molecule is CCCCCCCCCCCCCCCCCC(=O)NC(CCc1ccccc1)[N+](C)(C)CCOS(=O)(=O)O. The lowest BCUT2D eigenvalue weighted by molar-refractivity contribution is -0.917. The molecular weight excluding hydrogens is 512 g/mol. The second-order valence-corrected chi connectivity index (χ2v) is 12.7. The Balaban J connectivity index is 2.27. The molecule has 1 amide bonds. The van der Waals surface area contributed by atoms with Crippen molar-refractivity contribution in [3.8, 4) is 0 Å². The number of rotatable bonds is 25. The Kier molecular flexibility index (Phi) is 19.4. The van der Waals surface area contributed by atoms with Crippen molar-refractivity contribution in [1.29, 1.82) is 0 Å². The molecule has 1 aromatic carbocycles. The van der Waals surface area contributed by atoms with Gasteiger partial charge in [-0.25, -0.2) is 4.18 Å². The summed E-state index contributed by atoms with van der Waals surface area (Å²) in [4.78, 5) is 12.8. The number of hydrogen-bond donors (Lipinski definition) is 2. The van der Waals surface area contributed by atoms with Gasteiger partial charge in [0.15, 0.2) is 6.17 Å². The molecule has 0 spiro atoms. The van der Waals surface area contributed by atoms with Gasteiger partial charge in [0.05, 0.1) is 14.1 Å². The molecule has 0 aromatic heterocycles. The Morgan fingerprint density at radius 3 is 1.82 bits per heavy atom. The summed E-state index contributed by atoms with van der Waals surface area (Å²) in [5.74, 6) is 0.0321. The van der Waals surface area contributed by atoms with Crippen LogP contribution in [-0.4, -0.2) is 56.8 Å². The fourth-order valence-electron chi connectivity index (χ4n) is 4.99. The standard InChI is InChI=1S/C31H56N2O5S/c1-4-5-6-7-8-9-10-11-12-13-14-15-16-17-21-24-31(34)32-30(26-25-29-22-19-18-20-23-29)33(2,3)27-28-38-39(35,36)37/h18-20,22-23,30H,4-17,21,24-28H2,1-3H3,(H-,32,34,35,36,37)/p+1. The lowest BCUT2D eigenvalue weighted by Crippen LogP contribution is -2.59. The van der Waals surface area contributed by atoms with Gasteiger partial charge in [0.1, 0.15) is 13.2 Å². The second kappa shape index (κ2) is 21.3. The minimum Gasteiger partial charge on any atom is -0.307 e. The molecule has 7 nitrogen and oxygen atoms in total. The number of nitrogens with one attached hydrogen (secondary N) is 1. The average Bonchev–Trinajstić information content (AvgIpc) is 2.88. The van der Waals surface area contributed by atoms with E-state index in [4.69, 9.17) is 4.55 Å². The molecule has 8 heteroatoms. The number of nitrogens with zero attached hydrogens (tertiary/aromatic N) is 1. The molecule has 0 aliphatic carbocycles. The molecule has 0 bridgehead atoms. The first-order valence-electron chi connectivity index (χ1n) is 15.4. The maximum atomic E-state index is 12.8.